The highest BCUT2D eigenvalue weighted by Gasteiger charge is 2.22. The van der Waals surface area contributed by atoms with Crippen molar-refractivity contribution in [1.29, 1.82) is 0 Å². The molecule has 0 bridgehead atoms. The number of nitrogens with zero attached hydrogens (tertiary/aromatic N) is 1. The molecular formula is C14H22N2O2. The second-order valence-electron chi connectivity index (χ2n) is 5.65. The number of hydrogen-bond acceptors (Lipinski definition) is 3. The number of ether oxygens (including phenoxy) is 1. The topological polar surface area (TPSA) is 51.2 Å². The van der Waals surface area contributed by atoms with E-state index in [1.165, 1.54) is 0 Å². The summed E-state index contributed by atoms with van der Waals surface area (Å²) in [5.74, 6) is 0.278. The van der Waals surface area contributed by atoms with Gasteiger partial charge in [0, 0.05) is 12.4 Å². The monoisotopic (exact) mass is 250 g/mol. The molecule has 1 aromatic rings. The van der Waals surface area contributed by atoms with Gasteiger partial charge in [-0.05, 0) is 44.4 Å². The maximum Gasteiger partial charge on any atom is 0.408 e. The SMILES string of the molecule is CC(C)C(NC(=O)OC(C)(C)C)c1ccncc1. The van der Waals surface area contributed by atoms with Crippen LogP contribution >= 0.6 is 0 Å². The van der Waals surface area contributed by atoms with Gasteiger partial charge in [0.15, 0.2) is 0 Å². The van der Waals surface area contributed by atoms with Crippen LogP contribution in [-0.4, -0.2) is 16.7 Å². The summed E-state index contributed by atoms with van der Waals surface area (Å²) in [4.78, 5) is 15.8. The van der Waals surface area contributed by atoms with Gasteiger partial charge in [0.25, 0.3) is 0 Å². The van der Waals surface area contributed by atoms with E-state index in [4.69, 9.17) is 4.74 Å². The highest BCUT2D eigenvalue weighted by Crippen LogP contribution is 2.21. The molecule has 0 fully saturated rings. The Kier molecular flexibility index (Phi) is 4.70. The van der Waals surface area contributed by atoms with E-state index in [1.807, 2.05) is 32.9 Å². The van der Waals surface area contributed by atoms with Crippen LogP contribution < -0.4 is 5.32 Å². The Morgan fingerprint density at radius 3 is 2.28 bits per heavy atom. The van der Waals surface area contributed by atoms with Crippen molar-refractivity contribution in [2.24, 2.45) is 5.92 Å². The molecule has 0 aromatic carbocycles. The zero-order chi connectivity index (χ0) is 13.8. The average molecular weight is 250 g/mol. The maximum absolute atomic E-state index is 11.8. The summed E-state index contributed by atoms with van der Waals surface area (Å²) < 4.78 is 5.27. The van der Waals surface area contributed by atoms with E-state index in [0.29, 0.717) is 0 Å². The molecule has 1 N–H and O–H groups in total. The molecule has 0 spiro atoms. The van der Waals surface area contributed by atoms with Gasteiger partial charge < -0.3 is 10.1 Å². The Labute approximate surface area is 109 Å². The van der Waals surface area contributed by atoms with Crippen LogP contribution in [0.1, 0.15) is 46.2 Å². The molecule has 0 radical (unpaired) electrons. The zero-order valence-electron chi connectivity index (χ0n) is 11.7. The summed E-state index contributed by atoms with van der Waals surface area (Å²) in [7, 11) is 0. The minimum atomic E-state index is -0.482. The summed E-state index contributed by atoms with van der Waals surface area (Å²) >= 11 is 0. The number of nitrogens with one attached hydrogen (secondary N) is 1. The maximum atomic E-state index is 11.8. The molecule has 1 atom stereocenters. The van der Waals surface area contributed by atoms with Crippen molar-refractivity contribution in [3.05, 3.63) is 30.1 Å². The van der Waals surface area contributed by atoms with Gasteiger partial charge in [-0.25, -0.2) is 4.79 Å². The first-order chi connectivity index (χ1) is 8.29. The third-order valence-corrected chi connectivity index (χ3v) is 2.40. The standard InChI is InChI=1S/C14H22N2O2/c1-10(2)12(11-6-8-15-9-7-11)16-13(17)18-14(3,4)5/h6-10,12H,1-5H3,(H,16,17). The third-order valence-electron chi connectivity index (χ3n) is 2.40. The van der Waals surface area contributed by atoms with E-state index >= 15 is 0 Å². The Bertz CT molecular complexity index is 383. The fourth-order valence-corrected chi connectivity index (χ4v) is 1.64. The number of carbonyl (C=O) groups excluding carboxylic acids is 1. The van der Waals surface area contributed by atoms with Crippen LogP contribution in [0.25, 0.3) is 0 Å². The van der Waals surface area contributed by atoms with Crippen molar-refractivity contribution < 1.29 is 9.53 Å². The highest BCUT2D eigenvalue weighted by atomic mass is 16.6. The Morgan fingerprint density at radius 1 is 1.28 bits per heavy atom. The molecule has 100 valence electrons. The molecule has 1 heterocycles. The van der Waals surface area contributed by atoms with Crippen LogP contribution in [0.15, 0.2) is 24.5 Å². The molecule has 0 aliphatic rings. The first kappa shape index (κ1) is 14.5. The van der Waals surface area contributed by atoms with Gasteiger partial charge >= 0.3 is 6.09 Å². The van der Waals surface area contributed by atoms with E-state index in [2.05, 4.69) is 24.1 Å². The molecule has 0 aliphatic heterocycles. The molecule has 1 amide bonds. The van der Waals surface area contributed by atoms with E-state index in [9.17, 15) is 4.79 Å². The molecule has 0 saturated heterocycles. The van der Waals surface area contributed by atoms with Gasteiger partial charge in [-0.3, -0.25) is 4.98 Å². The van der Waals surface area contributed by atoms with Crippen LogP contribution in [-0.2, 0) is 4.74 Å². The number of rotatable bonds is 3. The van der Waals surface area contributed by atoms with Gasteiger partial charge in [0.2, 0.25) is 0 Å². The molecule has 1 rings (SSSR count). The van der Waals surface area contributed by atoms with E-state index in [-0.39, 0.29) is 12.0 Å². The largest absolute Gasteiger partial charge is 0.444 e. The summed E-state index contributed by atoms with van der Waals surface area (Å²) in [5, 5.41) is 2.90. The number of carbonyl (C=O) groups is 1. The minimum Gasteiger partial charge on any atom is -0.444 e. The zero-order valence-corrected chi connectivity index (χ0v) is 11.7. The molecule has 18 heavy (non-hydrogen) atoms. The first-order valence-electron chi connectivity index (χ1n) is 6.19. The van der Waals surface area contributed by atoms with Gasteiger partial charge in [-0.2, -0.15) is 0 Å². The van der Waals surface area contributed by atoms with Crippen molar-refractivity contribution >= 4 is 6.09 Å². The van der Waals surface area contributed by atoms with E-state index in [0.717, 1.165) is 5.56 Å². The lowest BCUT2D eigenvalue weighted by atomic mass is 9.97. The second kappa shape index (κ2) is 5.85. The molecule has 4 heteroatoms. The number of pyridine rings is 1. The van der Waals surface area contributed by atoms with Crippen molar-refractivity contribution in [1.82, 2.24) is 10.3 Å². The molecule has 4 nitrogen and oxygen atoms in total. The Balaban J connectivity index is 2.74. The van der Waals surface area contributed by atoms with Crippen LogP contribution in [0.4, 0.5) is 4.79 Å². The highest BCUT2D eigenvalue weighted by molar-refractivity contribution is 5.68. The lowest BCUT2D eigenvalue weighted by Gasteiger charge is -2.26. The Hall–Kier alpha value is -1.58. The molecule has 0 saturated carbocycles. The smallest absolute Gasteiger partial charge is 0.408 e. The van der Waals surface area contributed by atoms with Gasteiger partial charge in [-0.15, -0.1) is 0 Å². The molecular weight excluding hydrogens is 228 g/mol. The second-order valence-corrected chi connectivity index (χ2v) is 5.65. The third kappa shape index (κ3) is 4.73. The predicted molar refractivity (Wildman–Crippen MR) is 71.2 cm³/mol. The average Bonchev–Trinajstić information content (AvgIpc) is 2.24. The van der Waals surface area contributed by atoms with Crippen molar-refractivity contribution in [2.75, 3.05) is 0 Å². The number of aromatic nitrogens is 1. The summed E-state index contributed by atoms with van der Waals surface area (Å²) in [6, 6.07) is 3.74. The fraction of sp³-hybridized carbons (Fsp3) is 0.571. The fourth-order valence-electron chi connectivity index (χ4n) is 1.64. The molecule has 0 aliphatic carbocycles. The summed E-state index contributed by atoms with van der Waals surface area (Å²) in [5.41, 5.74) is 0.551. The van der Waals surface area contributed by atoms with E-state index in [1.54, 1.807) is 12.4 Å². The van der Waals surface area contributed by atoms with Crippen LogP contribution in [0.2, 0.25) is 0 Å². The van der Waals surface area contributed by atoms with Crippen LogP contribution in [0.5, 0.6) is 0 Å². The van der Waals surface area contributed by atoms with E-state index < -0.39 is 11.7 Å². The van der Waals surface area contributed by atoms with Gasteiger partial charge in [0.1, 0.15) is 5.60 Å². The Morgan fingerprint density at radius 2 is 1.83 bits per heavy atom. The lowest BCUT2D eigenvalue weighted by Crippen LogP contribution is -2.36. The van der Waals surface area contributed by atoms with Gasteiger partial charge in [0.05, 0.1) is 6.04 Å². The normalized spacial score (nSPS) is 13.2. The predicted octanol–water partition coefficient (Wildman–Crippen LogP) is 3.30. The summed E-state index contributed by atoms with van der Waals surface area (Å²) in [6.45, 7) is 9.67. The lowest BCUT2D eigenvalue weighted by molar-refractivity contribution is 0.0489. The van der Waals surface area contributed by atoms with Crippen molar-refractivity contribution in [3.8, 4) is 0 Å². The van der Waals surface area contributed by atoms with Crippen molar-refractivity contribution in [2.45, 2.75) is 46.3 Å². The first-order valence-corrected chi connectivity index (χ1v) is 6.19. The minimum absolute atomic E-state index is 0.0668. The summed E-state index contributed by atoms with van der Waals surface area (Å²) in [6.07, 6.45) is 3.06. The number of hydrogen-bond donors (Lipinski definition) is 1. The van der Waals surface area contributed by atoms with Crippen molar-refractivity contribution in [3.63, 3.8) is 0 Å². The quantitative estimate of drug-likeness (QED) is 0.895. The molecule has 1 unspecified atom stereocenters. The number of amides is 1. The number of alkyl carbamates (subject to hydrolysis) is 1. The van der Waals surface area contributed by atoms with Gasteiger partial charge in [-0.1, -0.05) is 13.8 Å². The van der Waals surface area contributed by atoms with Crippen LogP contribution in [0.3, 0.4) is 0 Å². The van der Waals surface area contributed by atoms with Crippen LogP contribution in [0, 0.1) is 5.92 Å². The molecule has 1 aromatic heterocycles.